The number of likely N-dealkylation sites (tertiary alicyclic amines) is 1. The van der Waals surface area contributed by atoms with Gasteiger partial charge in [0, 0.05) is 37.4 Å². The molecule has 0 spiro atoms. The zero-order chi connectivity index (χ0) is 17.6. The van der Waals surface area contributed by atoms with Crippen LogP contribution in [0.2, 0.25) is 0 Å². The molecule has 132 valence electrons. The molecular weight excluding hydrogens is 318 g/mol. The Morgan fingerprint density at radius 3 is 2.80 bits per heavy atom. The van der Waals surface area contributed by atoms with Crippen molar-refractivity contribution >= 4 is 11.8 Å². The fourth-order valence-corrected chi connectivity index (χ4v) is 3.29. The maximum absolute atomic E-state index is 12.5. The third-order valence-electron chi connectivity index (χ3n) is 4.55. The Kier molecular flexibility index (Phi) is 5.48. The average Bonchev–Trinajstić information content (AvgIpc) is 3.09. The predicted molar refractivity (Wildman–Crippen MR) is 93.4 cm³/mol. The molecule has 2 N–H and O–H groups in total. The Morgan fingerprint density at radius 1 is 1.24 bits per heavy atom. The number of hydrogen-bond donors (Lipinski definition) is 1. The Morgan fingerprint density at radius 2 is 2.04 bits per heavy atom. The van der Waals surface area contributed by atoms with Crippen molar-refractivity contribution in [3.05, 3.63) is 42.4 Å². The number of aryl methyl sites for hydroxylation is 1. The maximum Gasteiger partial charge on any atom is 0.223 e. The minimum Gasteiger partial charge on any atom is -0.441 e. The molecule has 0 saturated carbocycles. The summed E-state index contributed by atoms with van der Waals surface area (Å²) < 4.78 is 5.74. The molecule has 1 aliphatic heterocycles. The summed E-state index contributed by atoms with van der Waals surface area (Å²) in [6.07, 6.45) is 5.54. The molecule has 25 heavy (non-hydrogen) atoms. The van der Waals surface area contributed by atoms with Gasteiger partial charge in [0.15, 0.2) is 11.7 Å². The van der Waals surface area contributed by atoms with E-state index in [1.165, 1.54) is 0 Å². The summed E-state index contributed by atoms with van der Waals surface area (Å²) in [5.41, 5.74) is 6.27. The van der Waals surface area contributed by atoms with Crippen molar-refractivity contribution in [2.75, 3.05) is 6.54 Å². The molecule has 0 unspecified atom stereocenters. The molecule has 1 aliphatic rings. The van der Waals surface area contributed by atoms with Crippen molar-refractivity contribution < 1.29 is 14.0 Å². The van der Waals surface area contributed by atoms with E-state index in [4.69, 9.17) is 10.2 Å². The van der Waals surface area contributed by atoms with Crippen LogP contribution in [0.3, 0.4) is 0 Å². The maximum atomic E-state index is 12.5. The number of oxazole rings is 1. The molecule has 0 aliphatic carbocycles. The normalized spacial score (nSPS) is 17.4. The quantitative estimate of drug-likeness (QED) is 0.874. The van der Waals surface area contributed by atoms with E-state index in [1.807, 2.05) is 30.3 Å². The van der Waals surface area contributed by atoms with Gasteiger partial charge in [-0.1, -0.05) is 30.3 Å². The van der Waals surface area contributed by atoms with Crippen LogP contribution in [0, 0.1) is 0 Å². The van der Waals surface area contributed by atoms with Crippen LogP contribution in [0.15, 0.2) is 40.9 Å². The highest BCUT2D eigenvalue weighted by Gasteiger charge is 2.27. The van der Waals surface area contributed by atoms with Crippen LogP contribution in [0.4, 0.5) is 0 Å². The number of primary amides is 1. The molecule has 1 aromatic heterocycles. The van der Waals surface area contributed by atoms with Crippen LogP contribution in [-0.4, -0.2) is 34.3 Å². The first-order valence-corrected chi connectivity index (χ1v) is 8.71. The molecule has 1 saturated heterocycles. The van der Waals surface area contributed by atoms with E-state index in [1.54, 1.807) is 11.1 Å². The number of hydrogen-bond acceptors (Lipinski definition) is 4. The molecule has 6 heteroatoms. The van der Waals surface area contributed by atoms with Gasteiger partial charge in [0.2, 0.25) is 11.8 Å². The number of benzene rings is 1. The largest absolute Gasteiger partial charge is 0.441 e. The number of piperidine rings is 1. The van der Waals surface area contributed by atoms with Crippen LogP contribution in [0.25, 0.3) is 11.3 Å². The van der Waals surface area contributed by atoms with Crippen molar-refractivity contribution in [3.63, 3.8) is 0 Å². The molecule has 1 fully saturated rings. The lowest BCUT2D eigenvalue weighted by Gasteiger charge is -2.35. The van der Waals surface area contributed by atoms with Gasteiger partial charge < -0.3 is 15.1 Å². The second-order valence-electron chi connectivity index (χ2n) is 6.39. The molecule has 1 atom stereocenters. The van der Waals surface area contributed by atoms with Gasteiger partial charge in [0.25, 0.3) is 0 Å². The van der Waals surface area contributed by atoms with Gasteiger partial charge in [-0.2, -0.15) is 0 Å². The Balaban J connectivity index is 1.58. The van der Waals surface area contributed by atoms with E-state index >= 15 is 0 Å². The molecular formula is C19H23N3O3. The van der Waals surface area contributed by atoms with Crippen molar-refractivity contribution in [2.45, 2.75) is 44.6 Å². The van der Waals surface area contributed by atoms with E-state index in [0.717, 1.165) is 24.8 Å². The third kappa shape index (κ3) is 4.47. The summed E-state index contributed by atoms with van der Waals surface area (Å²) in [5.74, 6) is 0.929. The number of carbonyl (C=O) groups is 2. The van der Waals surface area contributed by atoms with E-state index < -0.39 is 0 Å². The summed E-state index contributed by atoms with van der Waals surface area (Å²) >= 11 is 0. The van der Waals surface area contributed by atoms with Gasteiger partial charge in [-0.3, -0.25) is 9.59 Å². The van der Waals surface area contributed by atoms with Crippen LogP contribution < -0.4 is 5.73 Å². The Hall–Kier alpha value is -2.63. The van der Waals surface area contributed by atoms with Crippen molar-refractivity contribution in [2.24, 2.45) is 5.73 Å². The van der Waals surface area contributed by atoms with E-state index in [-0.39, 0.29) is 24.3 Å². The fourth-order valence-electron chi connectivity index (χ4n) is 3.29. The zero-order valence-corrected chi connectivity index (χ0v) is 14.2. The lowest BCUT2D eigenvalue weighted by Crippen LogP contribution is -2.45. The van der Waals surface area contributed by atoms with Crippen LogP contribution in [0.1, 0.15) is 38.0 Å². The van der Waals surface area contributed by atoms with Crippen LogP contribution in [-0.2, 0) is 16.0 Å². The number of rotatable bonds is 6. The summed E-state index contributed by atoms with van der Waals surface area (Å²) in [5, 5.41) is 0. The highest BCUT2D eigenvalue weighted by Crippen LogP contribution is 2.22. The molecule has 2 aromatic rings. The molecule has 2 heterocycles. The van der Waals surface area contributed by atoms with Crippen LogP contribution in [0.5, 0.6) is 0 Å². The predicted octanol–water partition coefficient (Wildman–Crippen LogP) is 2.53. The number of carbonyl (C=O) groups excluding carboxylic acids is 2. The highest BCUT2D eigenvalue weighted by atomic mass is 16.4. The molecule has 0 bridgehead atoms. The molecule has 3 rings (SSSR count). The fraction of sp³-hybridized carbons (Fsp3) is 0.421. The summed E-state index contributed by atoms with van der Waals surface area (Å²) in [6.45, 7) is 0.692. The van der Waals surface area contributed by atoms with Gasteiger partial charge in [0.05, 0.1) is 6.20 Å². The molecule has 2 amide bonds. The molecule has 6 nitrogen and oxygen atoms in total. The van der Waals surface area contributed by atoms with Gasteiger partial charge in [0.1, 0.15) is 0 Å². The van der Waals surface area contributed by atoms with E-state index in [0.29, 0.717) is 31.0 Å². The number of nitrogens with two attached hydrogens (primary N) is 1. The van der Waals surface area contributed by atoms with Crippen molar-refractivity contribution in [1.29, 1.82) is 0 Å². The zero-order valence-electron chi connectivity index (χ0n) is 14.2. The van der Waals surface area contributed by atoms with E-state index in [9.17, 15) is 9.59 Å². The Labute approximate surface area is 147 Å². The lowest BCUT2D eigenvalue weighted by molar-refractivity contribution is -0.135. The minimum absolute atomic E-state index is 0.0328. The monoisotopic (exact) mass is 341 g/mol. The smallest absolute Gasteiger partial charge is 0.223 e. The van der Waals surface area contributed by atoms with Gasteiger partial charge in [-0.05, 0) is 19.3 Å². The topological polar surface area (TPSA) is 89.4 Å². The Bertz CT molecular complexity index is 727. The first-order valence-electron chi connectivity index (χ1n) is 8.71. The average molecular weight is 341 g/mol. The summed E-state index contributed by atoms with van der Waals surface area (Å²) in [7, 11) is 0. The second-order valence-corrected chi connectivity index (χ2v) is 6.39. The number of amides is 2. The van der Waals surface area contributed by atoms with Gasteiger partial charge in [-0.25, -0.2) is 4.98 Å². The SMILES string of the molecule is NC(=O)C[C@H]1CCCCN1C(=O)CCc1ncc(-c2ccccc2)o1. The first kappa shape index (κ1) is 17.2. The summed E-state index contributed by atoms with van der Waals surface area (Å²) in [4.78, 5) is 29.8. The van der Waals surface area contributed by atoms with Crippen LogP contribution >= 0.6 is 0 Å². The first-order chi connectivity index (χ1) is 12.1. The molecule has 1 aromatic carbocycles. The third-order valence-corrected chi connectivity index (χ3v) is 4.55. The second kappa shape index (κ2) is 7.96. The van der Waals surface area contributed by atoms with Crippen molar-refractivity contribution in [3.8, 4) is 11.3 Å². The van der Waals surface area contributed by atoms with Crippen molar-refractivity contribution in [1.82, 2.24) is 9.88 Å². The van der Waals surface area contributed by atoms with Gasteiger partial charge in [-0.15, -0.1) is 0 Å². The summed E-state index contributed by atoms with van der Waals surface area (Å²) in [6, 6.07) is 9.67. The molecule has 0 radical (unpaired) electrons. The highest BCUT2D eigenvalue weighted by molar-refractivity contribution is 5.79. The number of aromatic nitrogens is 1. The van der Waals surface area contributed by atoms with E-state index in [2.05, 4.69) is 4.98 Å². The lowest BCUT2D eigenvalue weighted by atomic mass is 9.98. The number of nitrogens with zero attached hydrogens (tertiary/aromatic N) is 2. The standard InChI is InChI=1S/C19H23N3O3/c20-17(23)12-15-8-4-5-11-22(15)19(24)10-9-18-21-13-16(25-18)14-6-2-1-3-7-14/h1-3,6-7,13,15H,4-5,8-12H2,(H2,20,23)/t15-/m1/s1. The minimum atomic E-state index is -0.357. The van der Waals surface area contributed by atoms with Gasteiger partial charge >= 0.3 is 0 Å².